The van der Waals surface area contributed by atoms with Gasteiger partial charge in [-0.2, -0.15) is 0 Å². The van der Waals surface area contributed by atoms with Crippen LogP contribution in [0.25, 0.3) is 0 Å². The van der Waals surface area contributed by atoms with Crippen LogP contribution >= 0.6 is 0 Å². The van der Waals surface area contributed by atoms with Gasteiger partial charge >= 0.3 is 0 Å². The third-order valence-electron chi connectivity index (χ3n) is 4.30. The van der Waals surface area contributed by atoms with Crippen molar-refractivity contribution < 1.29 is 4.74 Å². The molecule has 0 aliphatic heterocycles. The first-order chi connectivity index (χ1) is 8.09. The van der Waals surface area contributed by atoms with Crippen LogP contribution in [0.1, 0.15) is 65.7 Å². The lowest BCUT2D eigenvalue weighted by Gasteiger charge is -2.30. The molecule has 1 rings (SSSR count). The quantitative estimate of drug-likeness (QED) is 0.715. The van der Waals surface area contributed by atoms with E-state index in [9.17, 15) is 0 Å². The molecule has 0 saturated heterocycles. The minimum absolute atomic E-state index is 0.0447. The summed E-state index contributed by atoms with van der Waals surface area (Å²) < 4.78 is 5.53. The van der Waals surface area contributed by atoms with Crippen LogP contribution < -0.4 is 5.32 Å². The highest BCUT2D eigenvalue weighted by Gasteiger charge is 2.25. The Balaban J connectivity index is 2.45. The number of methoxy groups -OCH3 is 1. The van der Waals surface area contributed by atoms with Crippen LogP contribution in [-0.2, 0) is 4.74 Å². The minimum Gasteiger partial charge on any atom is -0.379 e. The van der Waals surface area contributed by atoms with Crippen molar-refractivity contribution in [2.75, 3.05) is 13.7 Å². The van der Waals surface area contributed by atoms with Gasteiger partial charge in [-0.05, 0) is 52.0 Å². The lowest BCUT2D eigenvalue weighted by molar-refractivity contribution is 0.00877. The van der Waals surface area contributed by atoms with Crippen LogP contribution in [0, 0.1) is 5.92 Å². The number of hydrogen-bond acceptors (Lipinski definition) is 2. The molecule has 1 aliphatic carbocycles. The average Bonchev–Trinajstić information content (AvgIpc) is 2.53. The molecule has 0 aromatic heterocycles. The fraction of sp³-hybridized carbons (Fsp3) is 1.00. The standard InChI is InChI=1S/C15H31NO/c1-5-16-14-10-8-6-7-9-13(14)11-12-15(2,3)17-4/h13-14,16H,5-12H2,1-4H3. The molecule has 2 nitrogen and oxygen atoms in total. The molecule has 2 unspecified atom stereocenters. The van der Waals surface area contributed by atoms with Crippen molar-refractivity contribution in [3.8, 4) is 0 Å². The molecule has 2 heteroatoms. The summed E-state index contributed by atoms with van der Waals surface area (Å²) in [5, 5.41) is 3.69. The van der Waals surface area contributed by atoms with Crippen molar-refractivity contribution in [2.24, 2.45) is 5.92 Å². The second kappa shape index (κ2) is 7.38. The van der Waals surface area contributed by atoms with E-state index < -0.39 is 0 Å². The van der Waals surface area contributed by atoms with E-state index in [1.54, 1.807) is 0 Å². The van der Waals surface area contributed by atoms with E-state index in [0.717, 1.165) is 18.5 Å². The number of rotatable bonds is 6. The first-order valence-corrected chi connectivity index (χ1v) is 7.37. The molecule has 0 amide bonds. The van der Waals surface area contributed by atoms with Crippen molar-refractivity contribution in [2.45, 2.75) is 77.4 Å². The second-order valence-electron chi connectivity index (χ2n) is 6.06. The molecule has 0 radical (unpaired) electrons. The third kappa shape index (κ3) is 5.39. The summed E-state index contributed by atoms with van der Waals surface area (Å²) in [6.07, 6.45) is 9.49. The summed E-state index contributed by atoms with van der Waals surface area (Å²) in [6, 6.07) is 0.746. The number of ether oxygens (including phenoxy) is 1. The Bertz CT molecular complexity index is 203. The summed E-state index contributed by atoms with van der Waals surface area (Å²) in [6.45, 7) is 7.73. The second-order valence-corrected chi connectivity index (χ2v) is 6.06. The Morgan fingerprint density at radius 3 is 2.53 bits per heavy atom. The Morgan fingerprint density at radius 1 is 1.18 bits per heavy atom. The van der Waals surface area contributed by atoms with Gasteiger partial charge in [0.05, 0.1) is 5.60 Å². The predicted molar refractivity (Wildman–Crippen MR) is 74.4 cm³/mol. The molecule has 0 bridgehead atoms. The molecule has 0 spiro atoms. The lowest BCUT2D eigenvalue weighted by atomic mass is 9.86. The highest BCUT2D eigenvalue weighted by Crippen LogP contribution is 2.29. The lowest BCUT2D eigenvalue weighted by Crippen LogP contribution is -2.36. The van der Waals surface area contributed by atoms with Gasteiger partial charge in [-0.3, -0.25) is 0 Å². The Hall–Kier alpha value is -0.0800. The molecular weight excluding hydrogens is 210 g/mol. The van der Waals surface area contributed by atoms with Crippen LogP contribution in [0.15, 0.2) is 0 Å². The molecule has 102 valence electrons. The van der Waals surface area contributed by atoms with Gasteiger partial charge in [0.25, 0.3) is 0 Å². The Kier molecular flexibility index (Phi) is 6.50. The Labute approximate surface area is 108 Å². The fourth-order valence-electron chi connectivity index (χ4n) is 2.90. The van der Waals surface area contributed by atoms with E-state index in [1.165, 1.54) is 44.9 Å². The fourth-order valence-corrected chi connectivity index (χ4v) is 2.90. The van der Waals surface area contributed by atoms with Gasteiger partial charge in [0.2, 0.25) is 0 Å². The first kappa shape index (κ1) is 15.0. The van der Waals surface area contributed by atoms with Crippen LogP contribution in [0.5, 0.6) is 0 Å². The molecule has 0 aromatic rings. The number of nitrogens with one attached hydrogen (secondary N) is 1. The van der Waals surface area contributed by atoms with Crippen LogP contribution in [0.2, 0.25) is 0 Å². The van der Waals surface area contributed by atoms with Crippen LogP contribution in [0.4, 0.5) is 0 Å². The molecule has 2 atom stereocenters. The maximum absolute atomic E-state index is 5.53. The summed E-state index contributed by atoms with van der Waals surface area (Å²) >= 11 is 0. The van der Waals surface area contributed by atoms with Gasteiger partial charge in [0.1, 0.15) is 0 Å². The van der Waals surface area contributed by atoms with Crippen molar-refractivity contribution in [1.82, 2.24) is 5.32 Å². The van der Waals surface area contributed by atoms with Crippen LogP contribution in [0.3, 0.4) is 0 Å². The van der Waals surface area contributed by atoms with Gasteiger partial charge in [0.15, 0.2) is 0 Å². The maximum atomic E-state index is 5.53. The highest BCUT2D eigenvalue weighted by molar-refractivity contribution is 4.81. The maximum Gasteiger partial charge on any atom is 0.0622 e. The molecule has 1 N–H and O–H groups in total. The summed E-state index contributed by atoms with van der Waals surface area (Å²) in [7, 11) is 1.83. The molecule has 0 aromatic carbocycles. The van der Waals surface area contributed by atoms with Gasteiger partial charge < -0.3 is 10.1 Å². The summed E-state index contributed by atoms with van der Waals surface area (Å²) in [4.78, 5) is 0. The zero-order chi connectivity index (χ0) is 12.7. The van der Waals surface area contributed by atoms with E-state index >= 15 is 0 Å². The van der Waals surface area contributed by atoms with Gasteiger partial charge in [-0.1, -0.05) is 26.2 Å². The largest absolute Gasteiger partial charge is 0.379 e. The highest BCUT2D eigenvalue weighted by atomic mass is 16.5. The molecule has 0 heterocycles. The van der Waals surface area contributed by atoms with Crippen molar-refractivity contribution >= 4 is 0 Å². The monoisotopic (exact) mass is 241 g/mol. The first-order valence-electron chi connectivity index (χ1n) is 7.37. The molecular formula is C15H31NO. The minimum atomic E-state index is 0.0447. The predicted octanol–water partition coefficient (Wildman–Crippen LogP) is 3.75. The zero-order valence-corrected chi connectivity index (χ0v) is 12.2. The molecule has 1 aliphatic rings. The summed E-state index contributed by atoms with van der Waals surface area (Å²) in [5.74, 6) is 0.854. The zero-order valence-electron chi connectivity index (χ0n) is 12.2. The van der Waals surface area contributed by atoms with E-state index in [4.69, 9.17) is 4.74 Å². The van der Waals surface area contributed by atoms with E-state index in [1.807, 2.05) is 7.11 Å². The van der Waals surface area contributed by atoms with Crippen molar-refractivity contribution in [1.29, 1.82) is 0 Å². The average molecular weight is 241 g/mol. The van der Waals surface area contributed by atoms with E-state index in [-0.39, 0.29) is 5.60 Å². The number of hydrogen-bond donors (Lipinski definition) is 1. The molecule has 1 fully saturated rings. The molecule has 17 heavy (non-hydrogen) atoms. The van der Waals surface area contributed by atoms with Gasteiger partial charge in [-0.15, -0.1) is 0 Å². The van der Waals surface area contributed by atoms with Crippen molar-refractivity contribution in [3.63, 3.8) is 0 Å². The SMILES string of the molecule is CCNC1CCCCCC1CCC(C)(C)OC. The van der Waals surface area contributed by atoms with Gasteiger partial charge in [-0.25, -0.2) is 0 Å². The van der Waals surface area contributed by atoms with Crippen LogP contribution in [-0.4, -0.2) is 25.3 Å². The smallest absolute Gasteiger partial charge is 0.0622 e. The summed E-state index contributed by atoms with van der Waals surface area (Å²) in [5.41, 5.74) is 0.0447. The Morgan fingerprint density at radius 2 is 1.88 bits per heavy atom. The van der Waals surface area contributed by atoms with E-state index in [2.05, 4.69) is 26.1 Å². The normalized spacial score (nSPS) is 26.8. The van der Waals surface area contributed by atoms with Crippen molar-refractivity contribution in [3.05, 3.63) is 0 Å². The van der Waals surface area contributed by atoms with E-state index in [0.29, 0.717) is 0 Å². The van der Waals surface area contributed by atoms with Gasteiger partial charge in [0, 0.05) is 13.2 Å². The topological polar surface area (TPSA) is 21.3 Å². The third-order valence-corrected chi connectivity index (χ3v) is 4.30. The molecule has 1 saturated carbocycles.